The molecule has 0 saturated carbocycles. The highest BCUT2D eigenvalue weighted by Gasteiger charge is 2.14. The van der Waals surface area contributed by atoms with Crippen molar-refractivity contribution in [2.24, 2.45) is 0 Å². The maximum atomic E-state index is 12.0. The normalized spacial score (nSPS) is 10.7. The highest BCUT2D eigenvalue weighted by molar-refractivity contribution is 7.86. The third kappa shape index (κ3) is 4.23. The molecule has 0 aliphatic rings. The van der Waals surface area contributed by atoms with Gasteiger partial charge in [0.1, 0.15) is 17.3 Å². The van der Waals surface area contributed by atoms with Crippen molar-refractivity contribution in [3.8, 4) is 17.6 Å². The van der Waals surface area contributed by atoms with Gasteiger partial charge in [-0.2, -0.15) is 13.7 Å². The third-order valence-electron chi connectivity index (χ3n) is 2.68. The van der Waals surface area contributed by atoms with Crippen molar-refractivity contribution in [1.82, 2.24) is 0 Å². The largest absolute Gasteiger partial charge is 0.497 e. The number of nitriles is 1. The third-order valence-corrected chi connectivity index (χ3v) is 3.82. The SMILES string of the molecule is COc1ccc(OS(=O)(=O)Cc2cccc(C#N)c2)cc1. The predicted octanol–water partition coefficient (Wildman–Crippen LogP) is 2.48. The first-order valence-corrected chi connectivity index (χ1v) is 7.65. The Hall–Kier alpha value is -2.52. The minimum absolute atomic E-state index is 0.215. The summed E-state index contributed by atoms with van der Waals surface area (Å²) in [7, 11) is -2.26. The molecule has 0 atom stereocenters. The monoisotopic (exact) mass is 303 g/mol. The first kappa shape index (κ1) is 14.9. The molecule has 0 fully saturated rings. The number of ether oxygens (including phenoxy) is 1. The van der Waals surface area contributed by atoms with Gasteiger partial charge in [0.05, 0.1) is 18.7 Å². The fourth-order valence-electron chi connectivity index (χ4n) is 1.74. The average molecular weight is 303 g/mol. The zero-order valence-corrected chi connectivity index (χ0v) is 12.1. The number of rotatable bonds is 5. The van der Waals surface area contributed by atoms with Crippen molar-refractivity contribution < 1.29 is 17.3 Å². The molecule has 2 rings (SSSR count). The second-order valence-corrected chi connectivity index (χ2v) is 5.84. The lowest BCUT2D eigenvalue weighted by molar-refractivity contribution is 0.413. The van der Waals surface area contributed by atoms with E-state index in [1.165, 1.54) is 25.3 Å². The molecule has 0 bridgehead atoms. The van der Waals surface area contributed by atoms with Gasteiger partial charge in [-0.15, -0.1) is 0 Å². The van der Waals surface area contributed by atoms with Crippen LogP contribution in [0.5, 0.6) is 11.5 Å². The topological polar surface area (TPSA) is 76.4 Å². The van der Waals surface area contributed by atoms with E-state index in [1.807, 2.05) is 6.07 Å². The second kappa shape index (κ2) is 6.29. The first-order valence-electron chi connectivity index (χ1n) is 6.08. The molecular formula is C15H13NO4S. The summed E-state index contributed by atoms with van der Waals surface area (Å²) in [6.45, 7) is 0. The Morgan fingerprint density at radius 3 is 2.38 bits per heavy atom. The molecule has 0 unspecified atom stereocenters. The Kier molecular flexibility index (Phi) is 4.45. The van der Waals surface area contributed by atoms with Gasteiger partial charge < -0.3 is 8.92 Å². The highest BCUT2D eigenvalue weighted by Crippen LogP contribution is 2.20. The van der Waals surface area contributed by atoms with Gasteiger partial charge in [-0.1, -0.05) is 12.1 Å². The van der Waals surface area contributed by atoms with E-state index in [9.17, 15) is 8.42 Å². The second-order valence-electron chi connectivity index (χ2n) is 4.27. The lowest BCUT2D eigenvalue weighted by atomic mass is 10.2. The molecule has 2 aromatic rings. The molecule has 0 radical (unpaired) electrons. The van der Waals surface area contributed by atoms with E-state index >= 15 is 0 Å². The van der Waals surface area contributed by atoms with Crippen molar-refractivity contribution in [3.05, 3.63) is 59.7 Å². The van der Waals surface area contributed by atoms with E-state index in [-0.39, 0.29) is 11.5 Å². The molecule has 21 heavy (non-hydrogen) atoms. The molecule has 0 aliphatic heterocycles. The summed E-state index contributed by atoms with van der Waals surface area (Å²) in [5.74, 6) is 0.530. The molecule has 0 heterocycles. The Balaban J connectivity index is 2.12. The molecule has 0 saturated heterocycles. The number of methoxy groups -OCH3 is 1. The van der Waals surface area contributed by atoms with Crippen LogP contribution in [0.3, 0.4) is 0 Å². The van der Waals surface area contributed by atoms with Crippen LogP contribution in [0.1, 0.15) is 11.1 Å². The first-order chi connectivity index (χ1) is 10.0. The van der Waals surface area contributed by atoms with Crippen molar-refractivity contribution in [1.29, 1.82) is 5.26 Å². The fraction of sp³-hybridized carbons (Fsp3) is 0.133. The molecule has 0 aromatic heterocycles. The minimum Gasteiger partial charge on any atom is -0.497 e. The summed E-state index contributed by atoms with van der Waals surface area (Å²) in [5, 5.41) is 8.80. The van der Waals surface area contributed by atoms with Crippen molar-refractivity contribution in [3.63, 3.8) is 0 Å². The summed E-state index contributed by atoms with van der Waals surface area (Å²) < 4.78 is 34.0. The molecule has 5 nitrogen and oxygen atoms in total. The van der Waals surface area contributed by atoms with Crippen LogP contribution in [0.25, 0.3) is 0 Å². The van der Waals surface area contributed by atoms with E-state index in [4.69, 9.17) is 14.2 Å². The number of benzene rings is 2. The smallest absolute Gasteiger partial charge is 0.313 e. The summed E-state index contributed by atoms with van der Waals surface area (Å²) in [4.78, 5) is 0. The van der Waals surface area contributed by atoms with Crippen LogP contribution in [0.2, 0.25) is 0 Å². The van der Waals surface area contributed by atoms with Crippen LogP contribution in [-0.2, 0) is 15.9 Å². The van der Waals surface area contributed by atoms with Crippen molar-refractivity contribution in [2.75, 3.05) is 7.11 Å². The molecule has 0 aliphatic carbocycles. The maximum absolute atomic E-state index is 12.0. The predicted molar refractivity (Wildman–Crippen MR) is 77.4 cm³/mol. The van der Waals surface area contributed by atoms with Crippen LogP contribution in [0.4, 0.5) is 0 Å². The van der Waals surface area contributed by atoms with Crippen LogP contribution in [0, 0.1) is 11.3 Å². The summed E-state index contributed by atoms with van der Waals surface area (Å²) in [5.41, 5.74) is 0.912. The maximum Gasteiger partial charge on any atom is 0.313 e. The van der Waals surface area contributed by atoms with E-state index < -0.39 is 10.1 Å². The lowest BCUT2D eigenvalue weighted by Gasteiger charge is -2.08. The molecule has 108 valence electrons. The zero-order chi connectivity index (χ0) is 15.3. The Labute approximate surface area is 123 Å². The molecule has 0 N–H and O–H groups in total. The summed E-state index contributed by atoms with van der Waals surface area (Å²) in [6.07, 6.45) is 0. The van der Waals surface area contributed by atoms with Crippen LogP contribution >= 0.6 is 0 Å². The zero-order valence-electron chi connectivity index (χ0n) is 11.3. The molecule has 6 heteroatoms. The van der Waals surface area contributed by atoms with Gasteiger partial charge in [0, 0.05) is 0 Å². The van der Waals surface area contributed by atoms with Crippen molar-refractivity contribution >= 4 is 10.1 Å². The van der Waals surface area contributed by atoms with E-state index in [0.29, 0.717) is 16.9 Å². The van der Waals surface area contributed by atoms with Gasteiger partial charge in [0.25, 0.3) is 0 Å². The van der Waals surface area contributed by atoms with Crippen LogP contribution < -0.4 is 8.92 Å². The lowest BCUT2D eigenvalue weighted by Crippen LogP contribution is -2.12. The van der Waals surface area contributed by atoms with E-state index in [2.05, 4.69) is 0 Å². The van der Waals surface area contributed by atoms with E-state index in [0.717, 1.165) is 0 Å². The van der Waals surface area contributed by atoms with Crippen molar-refractivity contribution in [2.45, 2.75) is 5.75 Å². The Bertz CT molecular complexity index is 761. The molecular weight excluding hydrogens is 290 g/mol. The van der Waals surface area contributed by atoms with Gasteiger partial charge in [-0.25, -0.2) is 0 Å². The molecule has 0 spiro atoms. The van der Waals surface area contributed by atoms with Gasteiger partial charge in [0.15, 0.2) is 0 Å². The van der Waals surface area contributed by atoms with E-state index in [1.54, 1.807) is 30.3 Å². The van der Waals surface area contributed by atoms with Gasteiger partial charge >= 0.3 is 10.1 Å². The number of nitrogens with zero attached hydrogens (tertiary/aromatic N) is 1. The highest BCUT2D eigenvalue weighted by atomic mass is 32.2. The minimum atomic E-state index is -3.78. The summed E-state index contributed by atoms with van der Waals surface area (Å²) >= 11 is 0. The standard InChI is InChI=1S/C15H13NO4S/c1-19-14-5-7-15(8-6-14)20-21(17,18)11-13-4-2-3-12(9-13)10-16/h2-9H,11H2,1H3. The fourth-order valence-corrected chi connectivity index (χ4v) is 2.79. The quantitative estimate of drug-likeness (QED) is 0.793. The molecule has 0 amide bonds. The Morgan fingerprint density at radius 1 is 1.10 bits per heavy atom. The number of hydrogen-bond donors (Lipinski definition) is 0. The summed E-state index contributed by atoms with van der Waals surface area (Å²) in [6, 6.07) is 14.6. The van der Waals surface area contributed by atoms with Gasteiger partial charge in [0.2, 0.25) is 0 Å². The van der Waals surface area contributed by atoms with Gasteiger partial charge in [-0.05, 0) is 42.0 Å². The van der Waals surface area contributed by atoms with Crippen LogP contribution in [-0.4, -0.2) is 15.5 Å². The number of hydrogen-bond acceptors (Lipinski definition) is 5. The van der Waals surface area contributed by atoms with Crippen LogP contribution in [0.15, 0.2) is 48.5 Å². The Morgan fingerprint density at radius 2 is 1.76 bits per heavy atom. The average Bonchev–Trinajstić information content (AvgIpc) is 2.47. The molecule has 2 aromatic carbocycles. The van der Waals surface area contributed by atoms with Gasteiger partial charge in [-0.3, -0.25) is 0 Å².